The summed E-state index contributed by atoms with van der Waals surface area (Å²) in [6.45, 7) is 10.7. The van der Waals surface area contributed by atoms with Crippen LogP contribution in [0.2, 0.25) is 0 Å². The average Bonchev–Trinajstić information content (AvgIpc) is 2.63. The van der Waals surface area contributed by atoms with Gasteiger partial charge in [0.25, 0.3) is 0 Å². The number of carbonyl (C=O) groups excluding carboxylic acids is 1. The molecule has 1 N–H and O–H groups in total. The molecule has 1 aromatic rings. The van der Waals surface area contributed by atoms with Gasteiger partial charge >= 0.3 is 0 Å². The summed E-state index contributed by atoms with van der Waals surface area (Å²) >= 11 is 0. The number of benzene rings is 1. The Labute approximate surface area is 146 Å². The van der Waals surface area contributed by atoms with E-state index in [-0.39, 0.29) is 5.91 Å². The van der Waals surface area contributed by atoms with Crippen molar-refractivity contribution in [2.24, 2.45) is 0 Å². The number of nitrogens with one attached hydrogen (secondary N) is 1. The first-order chi connectivity index (χ1) is 11.7. The van der Waals surface area contributed by atoms with E-state index in [9.17, 15) is 4.79 Å². The quantitative estimate of drug-likeness (QED) is 0.755. The molecule has 0 spiro atoms. The second kappa shape index (κ2) is 10.3. The Morgan fingerprint density at radius 3 is 2.50 bits per heavy atom. The molecule has 0 saturated carbocycles. The fraction of sp³-hybridized carbons (Fsp3) is 0.632. The van der Waals surface area contributed by atoms with Gasteiger partial charge in [0.1, 0.15) is 0 Å². The van der Waals surface area contributed by atoms with Crippen LogP contribution in [0.1, 0.15) is 33.1 Å². The third-order valence-corrected chi connectivity index (χ3v) is 4.46. The number of ether oxygens (including phenoxy) is 1. The van der Waals surface area contributed by atoms with Crippen LogP contribution in [0, 0.1) is 0 Å². The van der Waals surface area contributed by atoms with E-state index in [0.717, 1.165) is 51.6 Å². The van der Waals surface area contributed by atoms with Gasteiger partial charge < -0.3 is 19.9 Å². The van der Waals surface area contributed by atoms with Crippen LogP contribution in [-0.2, 0) is 9.53 Å². The summed E-state index contributed by atoms with van der Waals surface area (Å²) in [4.78, 5) is 16.8. The van der Waals surface area contributed by atoms with Crippen LogP contribution in [0.4, 0.5) is 11.4 Å². The minimum absolute atomic E-state index is 0.0871. The summed E-state index contributed by atoms with van der Waals surface area (Å²) in [5, 5.41) is 3.00. The highest BCUT2D eigenvalue weighted by Gasteiger charge is 2.11. The smallest absolute Gasteiger partial charge is 0.225 e. The Morgan fingerprint density at radius 1 is 1.17 bits per heavy atom. The van der Waals surface area contributed by atoms with Gasteiger partial charge in [-0.2, -0.15) is 0 Å². The van der Waals surface area contributed by atoms with Crippen molar-refractivity contribution in [1.29, 1.82) is 0 Å². The number of morpholine rings is 1. The van der Waals surface area contributed by atoms with E-state index in [1.165, 1.54) is 18.5 Å². The van der Waals surface area contributed by atoms with Gasteiger partial charge in [0.2, 0.25) is 5.91 Å². The summed E-state index contributed by atoms with van der Waals surface area (Å²) in [5.41, 5.74) is 2.06. The Bertz CT molecular complexity index is 484. The summed E-state index contributed by atoms with van der Waals surface area (Å²) in [7, 11) is 0. The van der Waals surface area contributed by atoms with Gasteiger partial charge in [-0.15, -0.1) is 0 Å². The van der Waals surface area contributed by atoms with Gasteiger partial charge in [-0.1, -0.05) is 20.3 Å². The maximum atomic E-state index is 12.1. The topological polar surface area (TPSA) is 44.8 Å². The van der Waals surface area contributed by atoms with E-state index in [2.05, 4.69) is 41.1 Å². The Morgan fingerprint density at radius 2 is 1.88 bits per heavy atom. The van der Waals surface area contributed by atoms with Crippen molar-refractivity contribution in [2.45, 2.75) is 33.1 Å². The molecule has 0 aliphatic carbocycles. The first-order valence-corrected chi connectivity index (χ1v) is 9.18. The van der Waals surface area contributed by atoms with Crippen LogP contribution in [0.3, 0.4) is 0 Å². The highest BCUT2D eigenvalue weighted by Crippen LogP contribution is 2.19. The van der Waals surface area contributed by atoms with Crippen LogP contribution in [0.25, 0.3) is 0 Å². The first-order valence-electron chi connectivity index (χ1n) is 9.18. The predicted molar refractivity (Wildman–Crippen MR) is 99.7 cm³/mol. The fourth-order valence-electron chi connectivity index (χ4n) is 2.87. The lowest BCUT2D eigenvalue weighted by Gasteiger charge is -2.28. The van der Waals surface area contributed by atoms with Gasteiger partial charge in [-0.05, 0) is 43.8 Å². The molecule has 0 aromatic heterocycles. The standard InChI is InChI=1S/C19H31N3O2/c1-3-5-11-21(4-2)12-10-19(23)20-17-6-8-18(9-7-17)22-13-15-24-16-14-22/h6-9H,3-5,10-16H2,1-2H3,(H,20,23). The summed E-state index contributed by atoms with van der Waals surface area (Å²) in [6.07, 6.45) is 2.93. The Kier molecular flexibility index (Phi) is 8.05. The maximum Gasteiger partial charge on any atom is 0.225 e. The van der Waals surface area contributed by atoms with Crippen molar-refractivity contribution in [1.82, 2.24) is 4.90 Å². The molecule has 1 aromatic carbocycles. The lowest BCUT2D eigenvalue weighted by molar-refractivity contribution is -0.116. The minimum atomic E-state index is 0.0871. The highest BCUT2D eigenvalue weighted by molar-refractivity contribution is 5.91. The molecule has 5 nitrogen and oxygen atoms in total. The van der Waals surface area contributed by atoms with E-state index < -0.39 is 0 Å². The zero-order valence-electron chi connectivity index (χ0n) is 15.1. The summed E-state index contributed by atoms with van der Waals surface area (Å²) in [5.74, 6) is 0.0871. The van der Waals surface area contributed by atoms with Crippen molar-refractivity contribution in [3.63, 3.8) is 0 Å². The largest absolute Gasteiger partial charge is 0.378 e. The van der Waals surface area contributed by atoms with Crippen molar-refractivity contribution in [3.05, 3.63) is 24.3 Å². The molecule has 0 bridgehead atoms. The molecule has 1 aliphatic rings. The third-order valence-electron chi connectivity index (χ3n) is 4.46. The summed E-state index contributed by atoms with van der Waals surface area (Å²) in [6, 6.07) is 8.11. The van der Waals surface area contributed by atoms with Gasteiger partial charge in [0.15, 0.2) is 0 Å². The second-order valence-corrected chi connectivity index (χ2v) is 6.23. The number of rotatable bonds is 9. The number of hydrogen-bond acceptors (Lipinski definition) is 4. The predicted octanol–water partition coefficient (Wildman–Crippen LogP) is 2.97. The molecule has 1 amide bonds. The van der Waals surface area contributed by atoms with Gasteiger partial charge in [0, 0.05) is 37.4 Å². The molecule has 1 fully saturated rings. The van der Waals surface area contributed by atoms with Crippen LogP contribution >= 0.6 is 0 Å². The lowest BCUT2D eigenvalue weighted by atomic mass is 10.2. The normalized spacial score (nSPS) is 14.9. The van der Waals surface area contributed by atoms with E-state index >= 15 is 0 Å². The van der Waals surface area contributed by atoms with Crippen LogP contribution in [0.15, 0.2) is 24.3 Å². The molecule has 0 atom stereocenters. The van der Waals surface area contributed by atoms with E-state index in [1.54, 1.807) is 0 Å². The van der Waals surface area contributed by atoms with Gasteiger partial charge in [-0.3, -0.25) is 4.79 Å². The molecule has 134 valence electrons. The zero-order valence-corrected chi connectivity index (χ0v) is 15.1. The maximum absolute atomic E-state index is 12.1. The minimum Gasteiger partial charge on any atom is -0.378 e. The van der Waals surface area contributed by atoms with E-state index in [0.29, 0.717) is 6.42 Å². The SMILES string of the molecule is CCCCN(CC)CCC(=O)Nc1ccc(N2CCOCC2)cc1. The zero-order chi connectivity index (χ0) is 17.2. The van der Waals surface area contributed by atoms with Crippen molar-refractivity contribution >= 4 is 17.3 Å². The molecule has 1 saturated heterocycles. The average molecular weight is 333 g/mol. The number of hydrogen-bond donors (Lipinski definition) is 1. The molecule has 0 radical (unpaired) electrons. The van der Waals surface area contributed by atoms with E-state index in [4.69, 9.17) is 4.74 Å². The molecule has 1 heterocycles. The van der Waals surface area contributed by atoms with Gasteiger partial charge in [-0.25, -0.2) is 0 Å². The molecule has 0 unspecified atom stereocenters. The molecule has 2 rings (SSSR count). The fourth-order valence-corrected chi connectivity index (χ4v) is 2.87. The number of amides is 1. The molecule has 5 heteroatoms. The Balaban J connectivity index is 1.76. The van der Waals surface area contributed by atoms with Crippen LogP contribution in [0.5, 0.6) is 0 Å². The lowest BCUT2D eigenvalue weighted by Crippen LogP contribution is -2.36. The van der Waals surface area contributed by atoms with Crippen molar-refractivity contribution in [3.8, 4) is 0 Å². The number of carbonyl (C=O) groups is 1. The monoisotopic (exact) mass is 333 g/mol. The van der Waals surface area contributed by atoms with Crippen molar-refractivity contribution in [2.75, 3.05) is 56.2 Å². The van der Waals surface area contributed by atoms with Crippen LogP contribution in [-0.4, -0.2) is 56.7 Å². The number of anilines is 2. The molecule has 24 heavy (non-hydrogen) atoms. The number of nitrogens with zero attached hydrogens (tertiary/aromatic N) is 2. The summed E-state index contributed by atoms with van der Waals surface area (Å²) < 4.78 is 5.37. The third kappa shape index (κ3) is 6.13. The van der Waals surface area contributed by atoms with Crippen molar-refractivity contribution < 1.29 is 9.53 Å². The molecule has 1 aliphatic heterocycles. The Hall–Kier alpha value is -1.59. The first kappa shape index (κ1) is 18.7. The van der Waals surface area contributed by atoms with E-state index in [1.807, 2.05) is 12.1 Å². The van der Waals surface area contributed by atoms with Crippen LogP contribution < -0.4 is 10.2 Å². The number of unbranched alkanes of at least 4 members (excludes halogenated alkanes) is 1. The molecular formula is C19H31N3O2. The molecular weight excluding hydrogens is 302 g/mol. The highest BCUT2D eigenvalue weighted by atomic mass is 16.5. The van der Waals surface area contributed by atoms with Gasteiger partial charge in [0.05, 0.1) is 13.2 Å². The second-order valence-electron chi connectivity index (χ2n) is 6.23.